The number of alkyl halides is 3. The van der Waals surface area contributed by atoms with Crippen LogP contribution in [-0.4, -0.2) is 4.98 Å². The zero-order valence-electron chi connectivity index (χ0n) is 7.35. The van der Waals surface area contributed by atoms with Gasteiger partial charge in [-0.1, -0.05) is 12.1 Å². The van der Waals surface area contributed by atoms with E-state index in [1.807, 2.05) is 0 Å². The van der Waals surface area contributed by atoms with Crippen molar-refractivity contribution in [2.24, 2.45) is 0 Å². The normalized spacial score (nSPS) is 12.0. The average Bonchev–Trinajstić information content (AvgIpc) is 2.16. The summed E-state index contributed by atoms with van der Waals surface area (Å²) in [6, 6.07) is 4.06. The van der Waals surface area contributed by atoms with Crippen molar-refractivity contribution in [1.29, 1.82) is 0 Å². The predicted octanol–water partition coefficient (Wildman–Crippen LogP) is 4.02. The van der Waals surface area contributed by atoms with Crippen LogP contribution in [0.25, 0.3) is 10.8 Å². The Kier molecular flexibility index (Phi) is 2.42. The number of pyridine rings is 1. The largest absolute Gasteiger partial charge is 0.417 e. The minimum absolute atomic E-state index is 0.111. The third kappa shape index (κ3) is 1.84. The van der Waals surface area contributed by atoms with Gasteiger partial charge in [-0.25, -0.2) is 0 Å². The van der Waals surface area contributed by atoms with Crippen LogP contribution in [0.3, 0.4) is 0 Å². The molecule has 0 amide bonds. The highest BCUT2D eigenvalue weighted by atomic mass is 79.9. The Balaban J connectivity index is 2.83. The van der Waals surface area contributed by atoms with Crippen LogP contribution in [0, 0.1) is 0 Å². The second kappa shape index (κ2) is 3.48. The van der Waals surface area contributed by atoms with Crippen LogP contribution in [-0.2, 0) is 6.18 Å². The molecule has 15 heavy (non-hydrogen) atoms. The molecule has 0 aliphatic heterocycles. The lowest BCUT2D eigenvalue weighted by atomic mass is 10.1. The molecule has 2 aromatic rings. The number of rotatable bonds is 0. The molecule has 0 aliphatic carbocycles. The lowest BCUT2D eigenvalue weighted by Gasteiger charge is -2.10. The van der Waals surface area contributed by atoms with Gasteiger partial charge in [0.25, 0.3) is 0 Å². The van der Waals surface area contributed by atoms with E-state index in [0.717, 1.165) is 6.07 Å². The fraction of sp³-hybridized carbons (Fsp3) is 0.100. The molecule has 1 aromatic heterocycles. The third-order valence-electron chi connectivity index (χ3n) is 2.06. The SMILES string of the molecule is FC(F)(F)c1cccc2c(Br)cncc12. The molecule has 5 heteroatoms. The lowest BCUT2D eigenvalue weighted by Crippen LogP contribution is -2.05. The number of benzene rings is 1. The van der Waals surface area contributed by atoms with Crippen LogP contribution in [0.1, 0.15) is 5.56 Å². The van der Waals surface area contributed by atoms with Gasteiger partial charge in [0.1, 0.15) is 0 Å². The van der Waals surface area contributed by atoms with Gasteiger partial charge >= 0.3 is 6.18 Å². The molecule has 1 heterocycles. The van der Waals surface area contributed by atoms with E-state index in [1.54, 1.807) is 6.07 Å². The minimum Gasteiger partial charge on any atom is -0.263 e. The second-order valence-corrected chi connectivity index (χ2v) is 3.87. The fourth-order valence-corrected chi connectivity index (χ4v) is 1.87. The summed E-state index contributed by atoms with van der Waals surface area (Å²) in [4.78, 5) is 3.74. The number of hydrogen-bond donors (Lipinski definition) is 0. The minimum atomic E-state index is -4.35. The summed E-state index contributed by atoms with van der Waals surface area (Å²) < 4.78 is 38.4. The molecule has 0 radical (unpaired) electrons. The number of nitrogens with zero attached hydrogens (tertiary/aromatic N) is 1. The molecular weight excluding hydrogens is 271 g/mol. The van der Waals surface area contributed by atoms with Gasteiger partial charge in [0.05, 0.1) is 5.56 Å². The third-order valence-corrected chi connectivity index (χ3v) is 2.69. The van der Waals surface area contributed by atoms with Crippen molar-refractivity contribution >= 4 is 26.7 Å². The van der Waals surface area contributed by atoms with Crippen LogP contribution >= 0.6 is 15.9 Å². The summed E-state index contributed by atoms with van der Waals surface area (Å²) in [5.41, 5.74) is -0.659. The number of aromatic nitrogens is 1. The van der Waals surface area contributed by atoms with Gasteiger partial charge in [-0.15, -0.1) is 0 Å². The zero-order chi connectivity index (χ0) is 11.1. The average molecular weight is 276 g/mol. The quantitative estimate of drug-likeness (QED) is 0.708. The monoisotopic (exact) mass is 275 g/mol. The van der Waals surface area contributed by atoms with Gasteiger partial charge in [0, 0.05) is 22.3 Å². The van der Waals surface area contributed by atoms with Gasteiger partial charge in [-0.05, 0) is 27.4 Å². The van der Waals surface area contributed by atoms with E-state index in [4.69, 9.17) is 0 Å². The first kappa shape index (κ1) is 10.4. The maximum absolute atomic E-state index is 12.6. The van der Waals surface area contributed by atoms with Gasteiger partial charge in [0.2, 0.25) is 0 Å². The molecule has 0 spiro atoms. The van der Waals surface area contributed by atoms with E-state index in [1.165, 1.54) is 18.5 Å². The predicted molar refractivity (Wildman–Crippen MR) is 54.4 cm³/mol. The molecule has 0 N–H and O–H groups in total. The molecular formula is C10H5BrF3N. The summed E-state index contributed by atoms with van der Waals surface area (Å²) in [6.07, 6.45) is -1.65. The summed E-state index contributed by atoms with van der Waals surface area (Å²) in [7, 11) is 0. The maximum Gasteiger partial charge on any atom is 0.417 e. The summed E-state index contributed by atoms with van der Waals surface area (Å²) in [5, 5.41) is 0.624. The molecule has 0 fully saturated rings. The molecule has 0 aliphatic rings. The Hall–Kier alpha value is -1.10. The standard InChI is InChI=1S/C10H5BrF3N/c11-9-5-15-4-7-6(9)2-1-3-8(7)10(12,13)14/h1-5H. The fourth-order valence-electron chi connectivity index (χ4n) is 1.41. The van der Waals surface area contributed by atoms with Gasteiger partial charge in [0.15, 0.2) is 0 Å². The second-order valence-electron chi connectivity index (χ2n) is 3.02. The molecule has 0 saturated heterocycles. The number of hydrogen-bond acceptors (Lipinski definition) is 1. The smallest absolute Gasteiger partial charge is 0.263 e. The van der Waals surface area contributed by atoms with Gasteiger partial charge < -0.3 is 0 Å². The Morgan fingerprint density at radius 2 is 1.80 bits per heavy atom. The molecule has 1 aromatic carbocycles. The van der Waals surface area contributed by atoms with Crippen LogP contribution < -0.4 is 0 Å². The summed E-state index contributed by atoms with van der Waals surface area (Å²) in [6.45, 7) is 0. The Labute approximate surface area is 92.1 Å². The maximum atomic E-state index is 12.6. The van der Waals surface area contributed by atoms with Gasteiger partial charge in [-0.2, -0.15) is 13.2 Å². The first-order valence-corrected chi connectivity index (χ1v) is 4.89. The van der Waals surface area contributed by atoms with E-state index in [9.17, 15) is 13.2 Å². The van der Waals surface area contributed by atoms with E-state index >= 15 is 0 Å². The van der Waals surface area contributed by atoms with Crippen LogP contribution in [0.15, 0.2) is 35.1 Å². The highest BCUT2D eigenvalue weighted by Crippen LogP contribution is 2.35. The van der Waals surface area contributed by atoms with Crippen molar-refractivity contribution in [3.05, 3.63) is 40.6 Å². The molecule has 0 unspecified atom stereocenters. The highest BCUT2D eigenvalue weighted by Gasteiger charge is 2.32. The van der Waals surface area contributed by atoms with E-state index in [2.05, 4.69) is 20.9 Å². The molecule has 0 atom stereocenters. The van der Waals surface area contributed by atoms with Crippen molar-refractivity contribution in [2.75, 3.05) is 0 Å². The Morgan fingerprint density at radius 3 is 2.47 bits per heavy atom. The highest BCUT2D eigenvalue weighted by molar-refractivity contribution is 9.10. The number of fused-ring (bicyclic) bond motifs is 1. The van der Waals surface area contributed by atoms with Crippen LogP contribution in [0.5, 0.6) is 0 Å². The first-order valence-electron chi connectivity index (χ1n) is 4.09. The number of halogens is 4. The summed E-state index contributed by atoms with van der Waals surface area (Å²) >= 11 is 3.17. The van der Waals surface area contributed by atoms with E-state index in [0.29, 0.717) is 9.86 Å². The van der Waals surface area contributed by atoms with Crippen molar-refractivity contribution in [3.63, 3.8) is 0 Å². The Morgan fingerprint density at radius 1 is 1.07 bits per heavy atom. The van der Waals surface area contributed by atoms with Gasteiger partial charge in [-0.3, -0.25) is 4.98 Å². The first-order chi connectivity index (χ1) is 7.00. The van der Waals surface area contributed by atoms with E-state index < -0.39 is 11.7 Å². The van der Waals surface area contributed by atoms with Crippen molar-refractivity contribution < 1.29 is 13.2 Å². The lowest BCUT2D eigenvalue weighted by molar-refractivity contribution is -0.136. The van der Waals surface area contributed by atoms with Crippen molar-refractivity contribution in [2.45, 2.75) is 6.18 Å². The molecule has 2 rings (SSSR count). The molecule has 78 valence electrons. The molecule has 1 nitrogen and oxygen atoms in total. The van der Waals surface area contributed by atoms with E-state index in [-0.39, 0.29) is 5.39 Å². The topological polar surface area (TPSA) is 12.9 Å². The van der Waals surface area contributed by atoms with Crippen LogP contribution in [0.2, 0.25) is 0 Å². The van der Waals surface area contributed by atoms with Crippen LogP contribution in [0.4, 0.5) is 13.2 Å². The molecule has 0 bridgehead atoms. The van der Waals surface area contributed by atoms with Crippen molar-refractivity contribution in [1.82, 2.24) is 4.98 Å². The zero-order valence-corrected chi connectivity index (χ0v) is 8.93. The van der Waals surface area contributed by atoms with Crippen molar-refractivity contribution in [3.8, 4) is 0 Å². The summed E-state index contributed by atoms with van der Waals surface area (Å²) in [5.74, 6) is 0. The Bertz CT molecular complexity index is 507. The molecule has 0 saturated carbocycles.